The van der Waals surface area contributed by atoms with E-state index in [0.717, 1.165) is 12.2 Å². The number of ether oxygens (including phenoxy) is 1. The maximum absolute atomic E-state index is 5.88. The molecule has 0 aromatic carbocycles. The van der Waals surface area contributed by atoms with Crippen LogP contribution in [0.1, 0.15) is 30.5 Å². The van der Waals surface area contributed by atoms with Crippen molar-refractivity contribution in [2.75, 3.05) is 13.7 Å². The summed E-state index contributed by atoms with van der Waals surface area (Å²) in [5.74, 6) is 0.699. The number of hydrogen-bond acceptors (Lipinski definition) is 3. The number of aromatic nitrogens is 1. The second kappa shape index (κ2) is 3.81. The summed E-state index contributed by atoms with van der Waals surface area (Å²) >= 11 is 0. The molecule has 1 fully saturated rings. The van der Waals surface area contributed by atoms with Crippen molar-refractivity contribution >= 4 is 0 Å². The number of nitrogens with two attached hydrogens (primary N) is 1. The number of aryl methyl sites for hydroxylation is 1. The number of methoxy groups -OCH3 is 1. The van der Waals surface area contributed by atoms with Crippen molar-refractivity contribution in [1.29, 1.82) is 0 Å². The quantitative estimate of drug-likeness (QED) is 0.820. The Morgan fingerprint density at radius 2 is 2.20 bits per heavy atom. The normalized spacial score (nSPS) is 18.3. The van der Waals surface area contributed by atoms with Crippen molar-refractivity contribution in [3.05, 3.63) is 23.4 Å². The average molecular weight is 206 g/mol. The van der Waals surface area contributed by atoms with Gasteiger partial charge in [0.05, 0.1) is 7.11 Å². The van der Waals surface area contributed by atoms with E-state index >= 15 is 0 Å². The van der Waals surface area contributed by atoms with Crippen LogP contribution >= 0.6 is 0 Å². The molecule has 1 heterocycles. The molecule has 2 rings (SSSR count). The Morgan fingerprint density at radius 1 is 1.47 bits per heavy atom. The monoisotopic (exact) mass is 206 g/mol. The van der Waals surface area contributed by atoms with Crippen molar-refractivity contribution in [1.82, 2.24) is 4.98 Å². The average Bonchev–Trinajstić information content (AvgIpc) is 2.16. The second-order valence-corrected chi connectivity index (χ2v) is 4.38. The van der Waals surface area contributed by atoms with Crippen LogP contribution in [-0.2, 0) is 5.41 Å². The lowest BCUT2D eigenvalue weighted by Gasteiger charge is -2.41. The van der Waals surface area contributed by atoms with Crippen molar-refractivity contribution < 1.29 is 4.74 Å². The number of hydrogen-bond donors (Lipinski definition) is 1. The van der Waals surface area contributed by atoms with Gasteiger partial charge in [0, 0.05) is 23.7 Å². The Bertz CT molecular complexity index is 353. The first-order valence-corrected chi connectivity index (χ1v) is 5.43. The van der Waals surface area contributed by atoms with Crippen molar-refractivity contribution in [3.8, 4) is 5.88 Å². The SMILES string of the molecule is COc1cc(C2(CN)CCC2)cc(C)n1. The summed E-state index contributed by atoms with van der Waals surface area (Å²) in [6.07, 6.45) is 3.66. The van der Waals surface area contributed by atoms with E-state index in [9.17, 15) is 0 Å². The predicted octanol–water partition coefficient (Wildman–Crippen LogP) is 1.78. The highest BCUT2D eigenvalue weighted by atomic mass is 16.5. The van der Waals surface area contributed by atoms with E-state index in [2.05, 4.69) is 11.1 Å². The van der Waals surface area contributed by atoms with Crippen molar-refractivity contribution in [2.24, 2.45) is 5.73 Å². The Labute approximate surface area is 90.7 Å². The van der Waals surface area contributed by atoms with Gasteiger partial charge in [-0.25, -0.2) is 4.98 Å². The second-order valence-electron chi connectivity index (χ2n) is 4.38. The van der Waals surface area contributed by atoms with Gasteiger partial charge in [0.15, 0.2) is 0 Å². The Morgan fingerprint density at radius 3 is 2.67 bits per heavy atom. The standard InChI is InChI=1S/C12H18N2O/c1-9-6-10(7-11(14-9)15-2)12(8-13)4-3-5-12/h6-7H,3-5,8,13H2,1-2H3. The van der Waals surface area contributed by atoms with Gasteiger partial charge in [0.25, 0.3) is 0 Å². The lowest BCUT2D eigenvalue weighted by molar-refractivity contribution is 0.251. The van der Waals surface area contributed by atoms with Gasteiger partial charge in [-0.3, -0.25) is 0 Å². The highest BCUT2D eigenvalue weighted by molar-refractivity contribution is 5.33. The highest BCUT2D eigenvalue weighted by Gasteiger charge is 2.37. The largest absolute Gasteiger partial charge is 0.481 e. The van der Waals surface area contributed by atoms with E-state index in [1.165, 1.54) is 24.8 Å². The minimum absolute atomic E-state index is 0.195. The Hall–Kier alpha value is -1.09. The molecular weight excluding hydrogens is 188 g/mol. The highest BCUT2D eigenvalue weighted by Crippen LogP contribution is 2.43. The van der Waals surface area contributed by atoms with E-state index < -0.39 is 0 Å². The zero-order valence-corrected chi connectivity index (χ0v) is 9.42. The number of nitrogens with zero attached hydrogens (tertiary/aromatic N) is 1. The summed E-state index contributed by atoms with van der Waals surface area (Å²) in [7, 11) is 1.65. The molecule has 0 radical (unpaired) electrons. The minimum atomic E-state index is 0.195. The summed E-state index contributed by atoms with van der Waals surface area (Å²) < 4.78 is 5.19. The summed E-state index contributed by atoms with van der Waals surface area (Å²) in [6, 6.07) is 4.16. The van der Waals surface area contributed by atoms with Gasteiger partial charge in [-0.1, -0.05) is 6.42 Å². The van der Waals surface area contributed by atoms with Crippen molar-refractivity contribution in [3.63, 3.8) is 0 Å². The fraction of sp³-hybridized carbons (Fsp3) is 0.583. The molecule has 1 aliphatic carbocycles. The zero-order chi connectivity index (χ0) is 10.9. The molecule has 3 nitrogen and oxygen atoms in total. The molecule has 82 valence electrons. The minimum Gasteiger partial charge on any atom is -0.481 e. The van der Waals surface area contributed by atoms with E-state index in [1.54, 1.807) is 7.11 Å². The van der Waals surface area contributed by atoms with Crippen LogP contribution < -0.4 is 10.5 Å². The van der Waals surface area contributed by atoms with E-state index in [1.807, 2.05) is 13.0 Å². The summed E-state index contributed by atoms with van der Waals surface area (Å²) in [5, 5.41) is 0. The van der Waals surface area contributed by atoms with Gasteiger partial charge >= 0.3 is 0 Å². The lowest BCUT2D eigenvalue weighted by atomic mass is 9.64. The molecule has 0 spiro atoms. The molecule has 0 saturated heterocycles. The van der Waals surface area contributed by atoms with Gasteiger partial charge in [-0.05, 0) is 31.4 Å². The maximum atomic E-state index is 5.88. The first kappa shape index (κ1) is 10.4. The number of rotatable bonds is 3. The Balaban J connectivity index is 2.38. The van der Waals surface area contributed by atoms with E-state index in [-0.39, 0.29) is 5.41 Å². The molecule has 2 N–H and O–H groups in total. The molecule has 1 aliphatic rings. The molecule has 1 aromatic heterocycles. The number of pyridine rings is 1. The van der Waals surface area contributed by atoms with Gasteiger partial charge in [-0.2, -0.15) is 0 Å². The smallest absolute Gasteiger partial charge is 0.213 e. The molecule has 1 aromatic rings. The fourth-order valence-corrected chi connectivity index (χ4v) is 2.26. The van der Waals surface area contributed by atoms with Crippen LogP contribution in [0.3, 0.4) is 0 Å². The van der Waals surface area contributed by atoms with E-state index in [0.29, 0.717) is 5.88 Å². The third kappa shape index (κ3) is 1.72. The van der Waals surface area contributed by atoms with Gasteiger partial charge in [0.2, 0.25) is 5.88 Å². The van der Waals surface area contributed by atoms with Crippen LogP contribution in [0.4, 0.5) is 0 Å². The van der Waals surface area contributed by atoms with Crippen LogP contribution in [-0.4, -0.2) is 18.6 Å². The lowest BCUT2D eigenvalue weighted by Crippen LogP contribution is -2.41. The predicted molar refractivity (Wildman–Crippen MR) is 60.1 cm³/mol. The van der Waals surface area contributed by atoms with Crippen molar-refractivity contribution in [2.45, 2.75) is 31.6 Å². The molecule has 15 heavy (non-hydrogen) atoms. The third-order valence-electron chi connectivity index (χ3n) is 3.45. The van der Waals surface area contributed by atoms with Crippen LogP contribution in [0.15, 0.2) is 12.1 Å². The zero-order valence-electron chi connectivity index (χ0n) is 9.42. The van der Waals surface area contributed by atoms with Crippen LogP contribution in [0, 0.1) is 6.92 Å². The summed E-state index contributed by atoms with van der Waals surface area (Å²) in [4.78, 5) is 4.30. The molecule has 3 heteroatoms. The van der Waals surface area contributed by atoms with Crippen LogP contribution in [0.5, 0.6) is 5.88 Å². The van der Waals surface area contributed by atoms with Crippen LogP contribution in [0.25, 0.3) is 0 Å². The Kier molecular flexibility index (Phi) is 2.65. The molecule has 0 amide bonds. The molecule has 0 aliphatic heterocycles. The molecule has 0 bridgehead atoms. The topological polar surface area (TPSA) is 48.1 Å². The third-order valence-corrected chi connectivity index (χ3v) is 3.45. The summed E-state index contributed by atoms with van der Waals surface area (Å²) in [6.45, 7) is 2.72. The maximum Gasteiger partial charge on any atom is 0.213 e. The summed E-state index contributed by atoms with van der Waals surface area (Å²) in [5.41, 5.74) is 8.37. The molecular formula is C12H18N2O. The van der Waals surface area contributed by atoms with Gasteiger partial charge in [0.1, 0.15) is 0 Å². The van der Waals surface area contributed by atoms with Gasteiger partial charge in [-0.15, -0.1) is 0 Å². The van der Waals surface area contributed by atoms with E-state index in [4.69, 9.17) is 10.5 Å². The fourth-order valence-electron chi connectivity index (χ4n) is 2.26. The molecule has 1 saturated carbocycles. The molecule has 0 unspecified atom stereocenters. The van der Waals surface area contributed by atoms with Gasteiger partial charge < -0.3 is 10.5 Å². The first-order valence-electron chi connectivity index (χ1n) is 5.43. The molecule has 0 atom stereocenters. The first-order chi connectivity index (χ1) is 7.20. The van der Waals surface area contributed by atoms with Crippen LogP contribution in [0.2, 0.25) is 0 Å².